The van der Waals surface area contributed by atoms with E-state index in [-0.39, 0.29) is 105 Å². The molecule has 1 aromatic carbocycles. The zero-order valence-corrected chi connectivity index (χ0v) is 29.2. The van der Waals surface area contributed by atoms with Crippen LogP contribution in [-0.2, 0) is 105 Å². The molecule has 23 heavy (non-hydrogen) atoms. The van der Waals surface area contributed by atoms with E-state index in [1.807, 2.05) is 58.0 Å². The van der Waals surface area contributed by atoms with Crippen molar-refractivity contribution in [1.29, 1.82) is 0 Å². The van der Waals surface area contributed by atoms with E-state index in [0.29, 0.717) is 12.0 Å². The molecule has 1 aromatic rings. The maximum absolute atomic E-state index is 4.06. The Balaban J connectivity index is -0.0000000314. The SMILES string of the molecule is CC.CC.CC1[C-]=NC=NC1C.[W+2].[W].[W].[W].[W].[c-]1ccccc1. The quantitative estimate of drug-likeness (QED) is 0.342. The van der Waals surface area contributed by atoms with Crippen molar-refractivity contribution in [2.45, 2.75) is 47.6 Å². The second-order valence-corrected chi connectivity index (χ2v) is 3.13. The van der Waals surface area contributed by atoms with Gasteiger partial charge in [-0.1, -0.05) is 40.5 Å². The Morgan fingerprint density at radius 1 is 0.783 bits per heavy atom. The summed E-state index contributed by atoms with van der Waals surface area (Å²) >= 11 is 0. The Morgan fingerprint density at radius 2 is 1.22 bits per heavy atom. The van der Waals surface area contributed by atoms with Crippen molar-refractivity contribution in [3.8, 4) is 0 Å². The van der Waals surface area contributed by atoms with Crippen LogP contribution in [0.1, 0.15) is 41.5 Å². The summed E-state index contributed by atoms with van der Waals surface area (Å²) < 4.78 is 0. The molecule has 2 unspecified atom stereocenters. The first-order valence-electron chi connectivity index (χ1n) is 6.69. The number of benzene rings is 1. The average Bonchev–Trinajstić information content (AvgIpc) is 2.49. The second-order valence-electron chi connectivity index (χ2n) is 3.13. The predicted octanol–water partition coefficient (Wildman–Crippen LogP) is 4.53. The third kappa shape index (κ3) is 32.2. The minimum Gasteiger partial charge on any atom is -0.446 e. The smallest absolute Gasteiger partial charge is 0.446 e. The van der Waals surface area contributed by atoms with Crippen molar-refractivity contribution >= 4 is 12.6 Å². The van der Waals surface area contributed by atoms with E-state index in [1.54, 1.807) is 6.34 Å². The zero-order valence-electron chi connectivity index (χ0n) is 14.6. The second kappa shape index (κ2) is 39.2. The minimum atomic E-state index is 0. The van der Waals surface area contributed by atoms with E-state index < -0.39 is 0 Å². The fourth-order valence-electron chi connectivity index (χ4n) is 0.868. The predicted molar refractivity (Wildman–Crippen MR) is 82.5 cm³/mol. The Kier molecular flexibility index (Phi) is 75.7. The Bertz CT molecular complexity index is 266. The van der Waals surface area contributed by atoms with Gasteiger partial charge in [0.1, 0.15) is 0 Å². The van der Waals surface area contributed by atoms with Gasteiger partial charge >= 0.3 is 21.1 Å². The molecule has 0 aliphatic carbocycles. The molecule has 1 heterocycles. The number of hydrogen-bond donors (Lipinski definition) is 0. The first-order chi connectivity index (χ1) is 8.80. The van der Waals surface area contributed by atoms with Gasteiger partial charge in [-0.05, 0) is 13.3 Å². The molecule has 1 aliphatic rings. The first-order valence-corrected chi connectivity index (χ1v) is 6.69. The number of hydrogen-bond acceptors (Lipinski definition) is 2. The van der Waals surface area contributed by atoms with Crippen molar-refractivity contribution in [1.82, 2.24) is 0 Å². The maximum atomic E-state index is 4.06. The van der Waals surface area contributed by atoms with E-state index in [2.05, 4.69) is 36.1 Å². The molecule has 0 N–H and O–H groups in total. The molecule has 2 atom stereocenters. The number of rotatable bonds is 0. The minimum absolute atomic E-state index is 0. The molecule has 7 heteroatoms. The van der Waals surface area contributed by atoms with Crippen molar-refractivity contribution in [3.05, 3.63) is 36.4 Å². The van der Waals surface area contributed by atoms with E-state index in [0.717, 1.165) is 0 Å². The van der Waals surface area contributed by atoms with Crippen molar-refractivity contribution in [3.63, 3.8) is 0 Å². The summed E-state index contributed by atoms with van der Waals surface area (Å²) in [6.07, 6.45) is 4.47. The van der Waals surface area contributed by atoms with Crippen LogP contribution in [0.3, 0.4) is 0 Å². The van der Waals surface area contributed by atoms with Gasteiger partial charge in [0.25, 0.3) is 0 Å². The largest absolute Gasteiger partial charge is 2.00 e. The van der Waals surface area contributed by atoms with Crippen LogP contribution >= 0.6 is 0 Å². The molecule has 2 rings (SSSR count). The third-order valence-electron chi connectivity index (χ3n) is 1.97. The zero-order chi connectivity index (χ0) is 14.2. The molecule has 0 radical (unpaired) electrons. The molecule has 2 nitrogen and oxygen atoms in total. The summed E-state index contributed by atoms with van der Waals surface area (Å²) in [4.78, 5) is 7.82. The van der Waals surface area contributed by atoms with Gasteiger partial charge in [-0.15, -0.1) is 0 Å². The molecule has 0 saturated heterocycles. The molecule has 0 saturated carbocycles. The molecular formula is C16H26N2W5. The van der Waals surface area contributed by atoms with Gasteiger partial charge in [-0.2, -0.15) is 42.6 Å². The molecule has 0 fully saturated rings. The molecule has 130 valence electrons. The van der Waals surface area contributed by atoms with Crippen LogP contribution in [0.5, 0.6) is 0 Å². The third-order valence-corrected chi connectivity index (χ3v) is 1.97. The van der Waals surface area contributed by atoms with E-state index in [9.17, 15) is 0 Å². The van der Waals surface area contributed by atoms with E-state index in [1.165, 1.54) is 0 Å². The van der Waals surface area contributed by atoms with Gasteiger partial charge in [-0.3, -0.25) is 0 Å². The van der Waals surface area contributed by atoms with E-state index in [4.69, 9.17) is 0 Å². The number of nitrogens with zero attached hydrogens (tertiary/aromatic N) is 2. The molecule has 0 bridgehead atoms. The van der Waals surface area contributed by atoms with Gasteiger partial charge in [0.2, 0.25) is 0 Å². The summed E-state index contributed by atoms with van der Waals surface area (Å²) in [7, 11) is 0. The first kappa shape index (κ1) is 44.4. The summed E-state index contributed by atoms with van der Waals surface area (Å²) in [5, 5.41) is 0. The Hall–Kier alpha value is 2.00. The van der Waals surface area contributed by atoms with Crippen molar-refractivity contribution in [2.75, 3.05) is 0 Å². The van der Waals surface area contributed by atoms with Gasteiger partial charge in [0.15, 0.2) is 0 Å². The fourth-order valence-corrected chi connectivity index (χ4v) is 0.868. The van der Waals surface area contributed by atoms with Crippen LogP contribution in [0, 0.1) is 12.0 Å². The van der Waals surface area contributed by atoms with Crippen LogP contribution in [-0.4, -0.2) is 18.6 Å². The fraction of sp³-hybridized carbons (Fsp3) is 0.500. The topological polar surface area (TPSA) is 24.7 Å². The molecule has 0 amide bonds. The maximum Gasteiger partial charge on any atom is 2.00 e. The normalized spacial score (nSPS) is 15.0. The monoisotopic (exact) mass is 1170 g/mol. The summed E-state index contributed by atoms with van der Waals surface area (Å²) in [5.74, 6) is 0.389. The van der Waals surface area contributed by atoms with Crippen LogP contribution < -0.4 is 0 Å². The van der Waals surface area contributed by atoms with Crippen LogP contribution in [0.25, 0.3) is 0 Å². The van der Waals surface area contributed by atoms with E-state index >= 15 is 0 Å². The molecule has 0 spiro atoms. The summed E-state index contributed by atoms with van der Waals surface area (Å²) in [6.45, 7) is 12.1. The van der Waals surface area contributed by atoms with Gasteiger partial charge in [0, 0.05) is 90.3 Å². The van der Waals surface area contributed by atoms with Crippen LogP contribution in [0.15, 0.2) is 40.3 Å². The summed E-state index contributed by atoms with van der Waals surface area (Å²) in [6, 6.07) is 12.9. The average molecular weight is 1170 g/mol. The van der Waals surface area contributed by atoms with Gasteiger partial charge in [0.05, 0.1) is 0 Å². The number of aliphatic imine (C=N–C) groups is 2. The van der Waals surface area contributed by atoms with Crippen LogP contribution in [0.2, 0.25) is 0 Å². The van der Waals surface area contributed by atoms with Gasteiger partial charge in [-0.25, -0.2) is 0 Å². The van der Waals surface area contributed by atoms with Crippen LogP contribution in [0.4, 0.5) is 0 Å². The Morgan fingerprint density at radius 3 is 1.39 bits per heavy atom. The Labute approximate surface area is 215 Å². The van der Waals surface area contributed by atoms with Crippen molar-refractivity contribution < 1.29 is 105 Å². The molecular weight excluding hydrogens is 1140 g/mol. The van der Waals surface area contributed by atoms with Crippen molar-refractivity contribution in [2.24, 2.45) is 15.9 Å². The summed E-state index contributed by atoms with van der Waals surface area (Å²) in [5.41, 5.74) is 0. The molecule has 0 aromatic heterocycles. The van der Waals surface area contributed by atoms with Gasteiger partial charge < -0.3 is 9.98 Å². The molecule has 1 aliphatic heterocycles. The standard InChI is InChI=1S/C6H9N2.C6H5.2C2H6.5W/c1-5-3-7-4-8-6(5)2;1-2-4-6-5-3-1;2*1-2;;;;;/h4-6H,1-2H3;1-5H;2*1-2H3;;;;;/q2*-1;;;;;;;+2.